The summed E-state index contributed by atoms with van der Waals surface area (Å²) in [7, 11) is 1.58. The number of allylic oxidation sites excluding steroid dienone is 4. The van der Waals surface area contributed by atoms with Gasteiger partial charge in [0.05, 0.1) is 18.3 Å². The molecule has 0 aromatic carbocycles. The van der Waals surface area contributed by atoms with Crippen LogP contribution in [-0.2, 0) is 4.74 Å². The minimum Gasteiger partial charge on any atom is -0.501 e. The summed E-state index contributed by atoms with van der Waals surface area (Å²) in [5, 5.41) is 0.421. The van der Waals surface area contributed by atoms with Gasteiger partial charge in [0, 0.05) is 23.9 Å². The van der Waals surface area contributed by atoms with Crippen LogP contribution in [0.2, 0.25) is 0 Å². The van der Waals surface area contributed by atoms with Crippen molar-refractivity contribution in [2.45, 2.75) is 12.8 Å². The van der Waals surface area contributed by atoms with Gasteiger partial charge in [0.15, 0.2) is 11.5 Å². The molecule has 6 nitrogen and oxygen atoms in total. The van der Waals surface area contributed by atoms with Crippen molar-refractivity contribution in [3.05, 3.63) is 51.9 Å². The van der Waals surface area contributed by atoms with Gasteiger partial charge in [0.2, 0.25) is 5.78 Å². The van der Waals surface area contributed by atoms with Crippen LogP contribution in [0.1, 0.15) is 23.5 Å². The topological polar surface area (TPSA) is 74.1 Å². The van der Waals surface area contributed by atoms with E-state index in [1.54, 1.807) is 31.5 Å². The normalized spacial score (nSPS) is 16.8. The molecule has 0 fully saturated rings. The summed E-state index contributed by atoms with van der Waals surface area (Å²) in [5.74, 6) is 0.638. The predicted octanol–water partition coefficient (Wildman–Crippen LogP) is 1.52. The molecule has 6 heteroatoms. The Balaban J connectivity index is 2.05. The fourth-order valence-corrected chi connectivity index (χ4v) is 2.83. The van der Waals surface area contributed by atoms with E-state index in [4.69, 9.17) is 4.74 Å². The van der Waals surface area contributed by atoms with Crippen molar-refractivity contribution in [2.75, 3.05) is 7.11 Å². The third-order valence-corrected chi connectivity index (χ3v) is 3.85. The van der Waals surface area contributed by atoms with E-state index in [-0.39, 0.29) is 17.2 Å². The van der Waals surface area contributed by atoms with E-state index in [1.807, 2.05) is 0 Å². The number of carbonyl (C=O) groups is 1. The molecule has 0 spiro atoms. The first-order valence-corrected chi connectivity index (χ1v) is 6.61. The Morgan fingerprint density at radius 2 is 2.14 bits per heavy atom. The third-order valence-electron chi connectivity index (χ3n) is 3.85. The molecule has 0 atom stereocenters. The largest absolute Gasteiger partial charge is 0.501 e. The van der Waals surface area contributed by atoms with Crippen molar-refractivity contribution in [1.82, 2.24) is 14.5 Å². The van der Waals surface area contributed by atoms with E-state index in [1.165, 1.54) is 4.57 Å². The molecule has 1 aliphatic carbocycles. The van der Waals surface area contributed by atoms with Crippen LogP contribution < -0.4 is 5.56 Å². The first kappa shape index (κ1) is 12.0. The zero-order chi connectivity index (χ0) is 14.6. The maximum atomic E-state index is 12.6. The van der Waals surface area contributed by atoms with Gasteiger partial charge in [0.1, 0.15) is 0 Å². The van der Waals surface area contributed by atoms with Gasteiger partial charge < -0.3 is 4.74 Å². The molecule has 0 saturated heterocycles. The summed E-state index contributed by atoms with van der Waals surface area (Å²) in [4.78, 5) is 33.4. The molecule has 2 aliphatic rings. The molecule has 2 aromatic rings. The minimum atomic E-state index is -0.246. The standard InChI is InChI=1S/C15H11N3O3/c1-21-8-4-5-11-10(7-8)12(19)14-17-13-9(3-2-6-16-13)15(20)18(11)14/h2-3,6-7H,4-5H2,1H3. The van der Waals surface area contributed by atoms with E-state index >= 15 is 0 Å². The number of aromatic nitrogens is 3. The SMILES string of the molecule is COC1=CC2=C(CC1)n1c(nc3ncccc3c1=O)C2=O. The van der Waals surface area contributed by atoms with E-state index in [0.717, 1.165) is 5.76 Å². The predicted molar refractivity (Wildman–Crippen MR) is 75.7 cm³/mol. The molecule has 0 bridgehead atoms. The highest BCUT2D eigenvalue weighted by molar-refractivity contribution is 6.16. The second-order valence-electron chi connectivity index (χ2n) is 4.95. The summed E-state index contributed by atoms with van der Waals surface area (Å²) in [6, 6.07) is 3.36. The highest BCUT2D eigenvalue weighted by Crippen LogP contribution is 2.34. The minimum absolute atomic E-state index is 0.143. The molecule has 0 amide bonds. The van der Waals surface area contributed by atoms with E-state index in [0.29, 0.717) is 35.1 Å². The highest BCUT2D eigenvalue weighted by atomic mass is 16.5. The fraction of sp³-hybridized carbons (Fsp3) is 0.200. The van der Waals surface area contributed by atoms with Crippen molar-refractivity contribution < 1.29 is 9.53 Å². The van der Waals surface area contributed by atoms with Crippen LogP contribution in [0.3, 0.4) is 0 Å². The number of hydrogen-bond acceptors (Lipinski definition) is 5. The molecule has 1 aliphatic heterocycles. The van der Waals surface area contributed by atoms with Crippen LogP contribution in [0.25, 0.3) is 16.7 Å². The molecule has 3 heterocycles. The number of rotatable bonds is 1. The van der Waals surface area contributed by atoms with Crippen LogP contribution >= 0.6 is 0 Å². The Labute approximate surface area is 119 Å². The maximum absolute atomic E-state index is 12.6. The van der Waals surface area contributed by atoms with E-state index in [9.17, 15) is 9.59 Å². The number of nitrogens with zero attached hydrogens (tertiary/aromatic N) is 3. The van der Waals surface area contributed by atoms with Gasteiger partial charge in [-0.3, -0.25) is 14.2 Å². The summed E-state index contributed by atoms with van der Waals surface area (Å²) >= 11 is 0. The van der Waals surface area contributed by atoms with Gasteiger partial charge in [-0.05, 0) is 24.6 Å². The highest BCUT2D eigenvalue weighted by Gasteiger charge is 2.34. The number of Topliss-reactive ketones (excluding diaryl/α,β-unsaturated/α-hetero) is 1. The average molecular weight is 281 g/mol. The fourth-order valence-electron chi connectivity index (χ4n) is 2.83. The number of hydrogen-bond donors (Lipinski definition) is 0. The Kier molecular flexibility index (Phi) is 2.35. The van der Waals surface area contributed by atoms with Crippen molar-refractivity contribution in [3.63, 3.8) is 0 Å². The molecule has 0 unspecified atom stereocenters. The summed E-state index contributed by atoms with van der Waals surface area (Å²) in [5.41, 5.74) is 1.27. The lowest BCUT2D eigenvalue weighted by atomic mass is 10.0. The molecule has 21 heavy (non-hydrogen) atoms. The van der Waals surface area contributed by atoms with Gasteiger partial charge in [-0.2, -0.15) is 0 Å². The molecule has 0 saturated carbocycles. The quantitative estimate of drug-likeness (QED) is 0.792. The zero-order valence-electron chi connectivity index (χ0n) is 11.3. The number of methoxy groups -OCH3 is 1. The number of carbonyl (C=O) groups excluding carboxylic acids is 1. The molecule has 2 aromatic heterocycles. The van der Waals surface area contributed by atoms with E-state index in [2.05, 4.69) is 9.97 Å². The molecule has 0 N–H and O–H groups in total. The van der Waals surface area contributed by atoms with Crippen LogP contribution in [0.5, 0.6) is 0 Å². The number of ketones is 1. The van der Waals surface area contributed by atoms with E-state index < -0.39 is 0 Å². The van der Waals surface area contributed by atoms with Crippen LogP contribution in [0, 0.1) is 0 Å². The summed E-state index contributed by atoms with van der Waals surface area (Å²) in [6.07, 6.45) is 4.51. The first-order valence-electron chi connectivity index (χ1n) is 6.61. The van der Waals surface area contributed by atoms with Crippen molar-refractivity contribution in [3.8, 4) is 0 Å². The third kappa shape index (κ3) is 1.53. The Morgan fingerprint density at radius 3 is 2.95 bits per heavy atom. The summed E-state index contributed by atoms with van der Waals surface area (Å²) in [6.45, 7) is 0. The zero-order valence-corrected chi connectivity index (χ0v) is 11.3. The molecular weight excluding hydrogens is 270 g/mol. The first-order chi connectivity index (χ1) is 10.2. The van der Waals surface area contributed by atoms with Crippen LogP contribution in [0.15, 0.2) is 40.5 Å². The second kappa shape index (κ2) is 4.12. The van der Waals surface area contributed by atoms with Gasteiger partial charge in [-0.1, -0.05) is 0 Å². The van der Waals surface area contributed by atoms with Crippen LogP contribution in [0.4, 0.5) is 0 Å². The average Bonchev–Trinajstić information content (AvgIpc) is 2.80. The number of ether oxygens (including phenoxy) is 1. The lowest BCUT2D eigenvalue weighted by molar-refractivity contribution is 0.103. The van der Waals surface area contributed by atoms with Gasteiger partial charge in [-0.15, -0.1) is 0 Å². The molecule has 0 radical (unpaired) electrons. The summed E-state index contributed by atoms with van der Waals surface area (Å²) < 4.78 is 6.63. The lowest BCUT2D eigenvalue weighted by Gasteiger charge is -2.14. The van der Waals surface area contributed by atoms with Gasteiger partial charge >= 0.3 is 0 Å². The number of pyridine rings is 1. The van der Waals surface area contributed by atoms with Crippen LogP contribution in [-0.4, -0.2) is 27.4 Å². The van der Waals surface area contributed by atoms with Crippen molar-refractivity contribution in [1.29, 1.82) is 0 Å². The van der Waals surface area contributed by atoms with Crippen molar-refractivity contribution in [2.24, 2.45) is 0 Å². The van der Waals surface area contributed by atoms with Gasteiger partial charge in [-0.25, -0.2) is 9.97 Å². The van der Waals surface area contributed by atoms with Gasteiger partial charge in [0.25, 0.3) is 5.56 Å². The molecule has 4 rings (SSSR count). The van der Waals surface area contributed by atoms with Crippen molar-refractivity contribution >= 4 is 22.5 Å². The Hall–Kier alpha value is -2.76. The maximum Gasteiger partial charge on any atom is 0.267 e. The second-order valence-corrected chi connectivity index (χ2v) is 4.95. The Morgan fingerprint density at radius 1 is 1.29 bits per heavy atom. The molecular formula is C15H11N3O3. The Bertz CT molecular complexity index is 921. The number of fused-ring (bicyclic) bond motifs is 3. The monoisotopic (exact) mass is 281 g/mol. The lowest BCUT2D eigenvalue weighted by Crippen LogP contribution is -2.23. The molecule has 104 valence electrons. The smallest absolute Gasteiger partial charge is 0.267 e.